The molecule has 0 aromatic heterocycles. The van der Waals surface area contributed by atoms with E-state index in [1.54, 1.807) is 26.2 Å². The van der Waals surface area contributed by atoms with E-state index >= 15 is 0 Å². The molecule has 6 nitrogen and oxygen atoms in total. The molecule has 0 saturated heterocycles. The zero-order valence-electron chi connectivity index (χ0n) is 18.8. The summed E-state index contributed by atoms with van der Waals surface area (Å²) in [5.74, 6) is -2.94. The Morgan fingerprint density at radius 3 is 1.50 bits per heavy atom. The minimum Gasteiger partial charge on any atom is -0.272 e. The molecule has 7 heteroatoms. The van der Waals surface area contributed by atoms with Gasteiger partial charge in [-0.3, -0.25) is 9.59 Å². The van der Waals surface area contributed by atoms with Crippen molar-refractivity contribution in [3.05, 3.63) is 107 Å². The van der Waals surface area contributed by atoms with Gasteiger partial charge in [0.1, 0.15) is 5.82 Å². The average Bonchev–Trinajstić information content (AvgIpc) is 3.32. The first kappa shape index (κ1) is 21.7. The Labute approximate surface area is 197 Å². The van der Waals surface area contributed by atoms with Crippen LogP contribution in [-0.4, -0.2) is 47.4 Å². The summed E-state index contributed by atoms with van der Waals surface area (Å²) in [7, 11) is 3.23. The van der Waals surface area contributed by atoms with Crippen LogP contribution in [0.5, 0.6) is 0 Å². The summed E-state index contributed by atoms with van der Waals surface area (Å²) in [5, 5.41) is 11.8. The van der Waals surface area contributed by atoms with Gasteiger partial charge in [-0.05, 0) is 28.8 Å². The summed E-state index contributed by atoms with van der Waals surface area (Å²) in [5.41, 5.74) is 3.44. The molecule has 0 spiro atoms. The van der Waals surface area contributed by atoms with Crippen molar-refractivity contribution in [3.63, 3.8) is 0 Å². The van der Waals surface area contributed by atoms with Crippen molar-refractivity contribution in [1.29, 1.82) is 0 Å². The van der Waals surface area contributed by atoms with Crippen molar-refractivity contribution < 1.29 is 14.0 Å². The highest BCUT2D eigenvalue weighted by molar-refractivity contribution is 6.20. The molecule has 2 amide bonds. The second-order valence-corrected chi connectivity index (χ2v) is 8.46. The standard InChI is InChI=1S/C27H23FN4O2/c1-31-26(33)22(24(29-31)18-9-5-3-6-10-18)21(17-13-15-20(28)16-14-17)23-25(30-32(2)27(23)34)19-11-7-4-8-12-19/h3-16,21-23H,1-2H3. The van der Waals surface area contributed by atoms with Crippen LogP contribution in [0.4, 0.5) is 4.39 Å². The van der Waals surface area contributed by atoms with Crippen molar-refractivity contribution >= 4 is 23.2 Å². The van der Waals surface area contributed by atoms with Gasteiger partial charge in [0, 0.05) is 20.0 Å². The highest BCUT2D eigenvalue weighted by atomic mass is 19.1. The molecule has 3 aromatic carbocycles. The minimum absolute atomic E-state index is 0.219. The minimum atomic E-state index is -0.743. The number of hydrogen-bond donors (Lipinski definition) is 0. The van der Waals surface area contributed by atoms with E-state index in [1.165, 1.54) is 22.2 Å². The van der Waals surface area contributed by atoms with E-state index < -0.39 is 17.8 Å². The van der Waals surface area contributed by atoms with Crippen LogP contribution in [-0.2, 0) is 9.59 Å². The van der Waals surface area contributed by atoms with Gasteiger partial charge in [0.2, 0.25) is 0 Å². The van der Waals surface area contributed by atoms with E-state index in [1.807, 2.05) is 60.7 Å². The molecule has 2 heterocycles. The van der Waals surface area contributed by atoms with Gasteiger partial charge in [0.15, 0.2) is 0 Å². The number of benzene rings is 3. The summed E-state index contributed by atoms with van der Waals surface area (Å²) in [4.78, 5) is 27.1. The fourth-order valence-corrected chi connectivity index (χ4v) is 4.78. The molecule has 3 aromatic rings. The van der Waals surface area contributed by atoms with E-state index in [0.29, 0.717) is 17.0 Å². The van der Waals surface area contributed by atoms with Crippen molar-refractivity contribution in [2.24, 2.45) is 22.0 Å². The Balaban J connectivity index is 1.70. The summed E-state index contributed by atoms with van der Waals surface area (Å²) in [6, 6.07) is 24.9. The lowest BCUT2D eigenvalue weighted by molar-refractivity contribution is -0.133. The van der Waals surface area contributed by atoms with Crippen LogP contribution < -0.4 is 0 Å². The highest BCUT2D eigenvalue weighted by Gasteiger charge is 2.50. The fourth-order valence-electron chi connectivity index (χ4n) is 4.78. The van der Waals surface area contributed by atoms with Crippen molar-refractivity contribution in [3.8, 4) is 0 Å². The number of rotatable bonds is 5. The predicted octanol–water partition coefficient (Wildman–Crippen LogP) is 3.89. The lowest BCUT2D eigenvalue weighted by Crippen LogP contribution is -2.40. The number of carbonyl (C=O) groups excluding carboxylic acids is 2. The molecule has 0 bridgehead atoms. The Morgan fingerprint density at radius 1 is 0.676 bits per heavy atom. The molecule has 2 aliphatic heterocycles. The quantitative estimate of drug-likeness (QED) is 0.587. The second kappa shape index (κ2) is 8.67. The van der Waals surface area contributed by atoms with Gasteiger partial charge in [-0.2, -0.15) is 10.2 Å². The fraction of sp³-hybridized carbons (Fsp3) is 0.185. The third kappa shape index (κ3) is 3.69. The lowest BCUT2D eigenvalue weighted by atomic mass is 9.70. The number of nitrogens with zero attached hydrogens (tertiary/aromatic N) is 4. The molecular weight excluding hydrogens is 431 g/mol. The highest BCUT2D eigenvalue weighted by Crippen LogP contribution is 2.42. The Bertz CT molecular complexity index is 1210. The predicted molar refractivity (Wildman–Crippen MR) is 128 cm³/mol. The maximum absolute atomic E-state index is 13.9. The molecule has 170 valence electrons. The summed E-state index contributed by atoms with van der Waals surface area (Å²) in [6.07, 6.45) is 0. The van der Waals surface area contributed by atoms with Crippen molar-refractivity contribution in [1.82, 2.24) is 10.0 Å². The molecular formula is C27H23FN4O2. The van der Waals surface area contributed by atoms with Crippen molar-refractivity contribution in [2.75, 3.05) is 14.1 Å². The van der Waals surface area contributed by atoms with Gasteiger partial charge in [0.05, 0.1) is 23.3 Å². The number of hydrogen-bond acceptors (Lipinski definition) is 4. The van der Waals surface area contributed by atoms with Gasteiger partial charge in [-0.1, -0.05) is 72.8 Å². The molecule has 2 atom stereocenters. The van der Waals surface area contributed by atoms with E-state index in [-0.39, 0.29) is 17.6 Å². The number of hydrazone groups is 2. The van der Waals surface area contributed by atoms with Crippen LogP contribution >= 0.6 is 0 Å². The molecule has 2 aliphatic rings. The first-order valence-electron chi connectivity index (χ1n) is 11.0. The molecule has 0 N–H and O–H groups in total. The van der Waals surface area contributed by atoms with Crippen LogP contribution in [0.1, 0.15) is 22.6 Å². The van der Waals surface area contributed by atoms with Gasteiger partial charge in [-0.15, -0.1) is 0 Å². The van der Waals surface area contributed by atoms with Gasteiger partial charge in [0.25, 0.3) is 11.8 Å². The zero-order valence-corrected chi connectivity index (χ0v) is 18.8. The number of carbonyl (C=O) groups is 2. The molecule has 0 saturated carbocycles. The second-order valence-electron chi connectivity index (χ2n) is 8.46. The van der Waals surface area contributed by atoms with E-state index in [0.717, 1.165) is 11.1 Å². The molecule has 34 heavy (non-hydrogen) atoms. The SMILES string of the molecule is CN1N=C(c2ccccc2)C(C(c2ccc(F)cc2)C2C(=O)N(C)N=C2c2ccccc2)C1=O. The largest absolute Gasteiger partial charge is 0.272 e. The monoisotopic (exact) mass is 454 g/mol. The molecule has 0 radical (unpaired) electrons. The summed E-state index contributed by atoms with van der Waals surface area (Å²) in [6.45, 7) is 0. The maximum atomic E-state index is 13.9. The Morgan fingerprint density at radius 2 is 1.09 bits per heavy atom. The zero-order chi connectivity index (χ0) is 23.8. The Kier molecular flexibility index (Phi) is 5.53. The smallest absolute Gasteiger partial charge is 0.252 e. The molecule has 0 aliphatic carbocycles. The molecule has 0 fully saturated rings. The van der Waals surface area contributed by atoms with Crippen LogP contribution in [0, 0.1) is 17.7 Å². The molecule has 5 rings (SSSR count). The Hall–Kier alpha value is -4.13. The van der Waals surface area contributed by atoms with Gasteiger partial charge in [-0.25, -0.2) is 14.4 Å². The number of amides is 2. The van der Waals surface area contributed by atoms with Crippen LogP contribution in [0.2, 0.25) is 0 Å². The summed E-state index contributed by atoms with van der Waals surface area (Å²) < 4.78 is 13.9. The molecule has 2 unspecified atom stereocenters. The third-order valence-electron chi connectivity index (χ3n) is 6.39. The van der Waals surface area contributed by atoms with E-state index in [2.05, 4.69) is 10.2 Å². The first-order valence-corrected chi connectivity index (χ1v) is 11.0. The topological polar surface area (TPSA) is 65.3 Å². The van der Waals surface area contributed by atoms with Crippen LogP contribution in [0.15, 0.2) is 95.1 Å². The maximum Gasteiger partial charge on any atom is 0.252 e. The first-order chi connectivity index (χ1) is 16.5. The van der Waals surface area contributed by atoms with Crippen LogP contribution in [0.3, 0.4) is 0 Å². The van der Waals surface area contributed by atoms with Crippen molar-refractivity contribution in [2.45, 2.75) is 5.92 Å². The third-order valence-corrected chi connectivity index (χ3v) is 6.39. The summed E-state index contributed by atoms with van der Waals surface area (Å²) >= 11 is 0. The lowest BCUT2D eigenvalue weighted by Gasteiger charge is -2.29. The van der Waals surface area contributed by atoms with E-state index in [9.17, 15) is 14.0 Å². The average molecular weight is 455 g/mol. The van der Waals surface area contributed by atoms with Gasteiger partial charge < -0.3 is 0 Å². The van der Waals surface area contributed by atoms with E-state index in [4.69, 9.17) is 0 Å². The van der Waals surface area contributed by atoms with Crippen LogP contribution in [0.25, 0.3) is 0 Å². The normalized spacial score (nSPS) is 21.0. The number of halogens is 1. The van der Waals surface area contributed by atoms with Gasteiger partial charge >= 0.3 is 0 Å².